The van der Waals surface area contributed by atoms with E-state index < -0.39 is 0 Å². The summed E-state index contributed by atoms with van der Waals surface area (Å²) in [5.41, 5.74) is 0. The van der Waals surface area contributed by atoms with Crippen molar-refractivity contribution in [2.75, 3.05) is 19.7 Å². The number of carbonyl (C=O) groups excluding carboxylic acids is 1. The van der Waals surface area contributed by atoms with Gasteiger partial charge in [0.1, 0.15) is 0 Å². The van der Waals surface area contributed by atoms with Crippen molar-refractivity contribution in [1.29, 1.82) is 0 Å². The first-order chi connectivity index (χ1) is 4.93. The highest BCUT2D eigenvalue weighted by atomic mass is 16.5. The molecule has 58 valence electrons. The van der Waals surface area contributed by atoms with Gasteiger partial charge in [0.05, 0.1) is 6.61 Å². The first kappa shape index (κ1) is 7.54. The minimum atomic E-state index is 0.530. The average Bonchev–Trinajstić information content (AvgIpc) is 2.03. The van der Waals surface area contributed by atoms with Crippen LogP contribution in [0, 0.1) is 5.92 Å². The third-order valence-corrected chi connectivity index (χ3v) is 1.86. The SMILES string of the molecule is O=COCC1CCNCC1. The molecule has 3 nitrogen and oxygen atoms in total. The van der Waals surface area contributed by atoms with Crippen LogP contribution in [-0.2, 0) is 9.53 Å². The van der Waals surface area contributed by atoms with E-state index in [4.69, 9.17) is 0 Å². The summed E-state index contributed by atoms with van der Waals surface area (Å²) in [7, 11) is 0. The standard InChI is InChI=1S/C7H13NO2/c9-6-10-5-7-1-3-8-4-2-7/h6-8H,1-5H2. The van der Waals surface area contributed by atoms with E-state index in [1.54, 1.807) is 0 Å². The Labute approximate surface area is 60.7 Å². The molecule has 0 aromatic heterocycles. The Morgan fingerprint density at radius 2 is 2.20 bits per heavy atom. The van der Waals surface area contributed by atoms with Gasteiger partial charge in [-0.05, 0) is 31.8 Å². The quantitative estimate of drug-likeness (QED) is 0.572. The van der Waals surface area contributed by atoms with Gasteiger partial charge in [-0.2, -0.15) is 0 Å². The fourth-order valence-corrected chi connectivity index (χ4v) is 1.22. The number of hydrogen-bond acceptors (Lipinski definition) is 3. The van der Waals surface area contributed by atoms with Crippen molar-refractivity contribution in [2.24, 2.45) is 5.92 Å². The Balaban J connectivity index is 2.07. The summed E-state index contributed by atoms with van der Waals surface area (Å²) in [6.45, 7) is 3.26. The molecule has 1 aliphatic heterocycles. The smallest absolute Gasteiger partial charge is 0.293 e. The highest BCUT2D eigenvalue weighted by Gasteiger charge is 2.12. The minimum absolute atomic E-state index is 0.530. The van der Waals surface area contributed by atoms with Crippen LogP contribution in [0.3, 0.4) is 0 Å². The van der Waals surface area contributed by atoms with E-state index in [1.165, 1.54) is 0 Å². The predicted octanol–water partition coefficient (Wildman–Crippen LogP) is 0.159. The van der Waals surface area contributed by atoms with E-state index in [-0.39, 0.29) is 0 Å². The van der Waals surface area contributed by atoms with Crippen molar-refractivity contribution in [1.82, 2.24) is 5.32 Å². The second-order valence-electron chi connectivity index (χ2n) is 2.62. The lowest BCUT2D eigenvalue weighted by Gasteiger charge is -2.20. The molecule has 0 aliphatic carbocycles. The number of rotatable bonds is 3. The Hall–Kier alpha value is -0.570. The summed E-state index contributed by atoms with van der Waals surface area (Å²) in [5.74, 6) is 0.589. The van der Waals surface area contributed by atoms with Crippen LogP contribution in [0.1, 0.15) is 12.8 Å². The van der Waals surface area contributed by atoms with Gasteiger partial charge >= 0.3 is 0 Å². The maximum absolute atomic E-state index is 9.81. The molecule has 0 unspecified atom stereocenters. The Morgan fingerprint density at radius 1 is 1.50 bits per heavy atom. The van der Waals surface area contributed by atoms with Crippen molar-refractivity contribution in [3.8, 4) is 0 Å². The number of ether oxygens (including phenoxy) is 1. The van der Waals surface area contributed by atoms with Gasteiger partial charge in [-0.1, -0.05) is 0 Å². The Bertz CT molecular complexity index is 99.8. The van der Waals surface area contributed by atoms with Gasteiger partial charge in [0.15, 0.2) is 0 Å². The van der Waals surface area contributed by atoms with Gasteiger partial charge in [-0.25, -0.2) is 0 Å². The van der Waals surface area contributed by atoms with Gasteiger partial charge in [0.2, 0.25) is 0 Å². The van der Waals surface area contributed by atoms with Crippen LogP contribution in [-0.4, -0.2) is 26.2 Å². The van der Waals surface area contributed by atoms with Crippen LogP contribution in [0.2, 0.25) is 0 Å². The van der Waals surface area contributed by atoms with E-state index >= 15 is 0 Å². The molecule has 3 heteroatoms. The topological polar surface area (TPSA) is 38.3 Å². The lowest BCUT2D eigenvalue weighted by Crippen LogP contribution is -2.29. The molecule has 1 rings (SSSR count). The van der Waals surface area contributed by atoms with E-state index in [0.29, 0.717) is 19.0 Å². The van der Waals surface area contributed by atoms with E-state index in [1.807, 2.05) is 0 Å². The number of nitrogens with one attached hydrogen (secondary N) is 1. The summed E-state index contributed by atoms with van der Waals surface area (Å²) in [6, 6.07) is 0. The maximum Gasteiger partial charge on any atom is 0.293 e. The van der Waals surface area contributed by atoms with Gasteiger partial charge in [-0.3, -0.25) is 4.79 Å². The van der Waals surface area contributed by atoms with Crippen LogP contribution in [0.5, 0.6) is 0 Å². The highest BCUT2D eigenvalue weighted by molar-refractivity contribution is 5.36. The highest BCUT2D eigenvalue weighted by Crippen LogP contribution is 2.10. The summed E-state index contributed by atoms with van der Waals surface area (Å²) in [4.78, 5) is 9.81. The number of carbonyl (C=O) groups is 1. The average molecular weight is 143 g/mol. The molecule has 0 saturated carbocycles. The fraction of sp³-hybridized carbons (Fsp3) is 0.857. The lowest BCUT2D eigenvalue weighted by molar-refractivity contribution is -0.130. The van der Waals surface area contributed by atoms with Crippen LogP contribution in [0.15, 0.2) is 0 Å². The Kier molecular flexibility index (Phi) is 3.22. The summed E-state index contributed by atoms with van der Waals surface area (Å²) in [6.07, 6.45) is 2.27. The molecule has 0 bridgehead atoms. The molecule has 0 atom stereocenters. The van der Waals surface area contributed by atoms with Crippen molar-refractivity contribution in [2.45, 2.75) is 12.8 Å². The monoisotopic (exact) mass is 143 g/mol. The van der Waals surface area contributed by atoms with Crippen molar-refractivity contribution < 1.29 is 9.53 Å². The summed E-state index contributed by atoms with van der Waals surface area (Å²) < 4.78 is 4.66. The van der Waals surface area contributed by atoms with Crippen LogP contribution in [0.25, 0.3) is 0 Å². The molecule has 1 N–H and O–H groups in total. The predicted molar refractivity (Wildman–Crippen MR) is 37.6 cm³/mol. The van der Waals surface area contributed by atoms with Gasteiger partial charge in [0.25, 0.3) is 6.47 Å². The molecule has 0 aromatic carbocycles. The maximum atomic E-state index is 9.81. The zero-order valence-electron chi connectivity index (χ0n) is 6.01. The molecular formula is C7H13NO2. The molecule has 0 aromatic rings. The van der Waals surface area contributed by atoms with Crippen LogP contribution < -0.4 is 5.32 Å². The van der Waals surface area contributed by atoms with Crippen molar-refractivity contribution in [3.63, 3.8) is 0 Å². The summed E-state index contributed by atoms with van der Waals surface area (Å²) in [5, 5.41) is 3.25. The first-order valence-electron chi connectivity index (χ1n) is 3.69. The van der Waals surface area contributed by atoms with E-state index in [0.717, 1.165) is 25.9 Å². The third-order valence-electron chi connectivity index (χ3n) is 1.86. The zero-order valence-corrected chi connectivity index (χ0v) is 6.01. The molecule has 0 amide bonds. The van der Waals surface area contributed by atoms with Crippen LogP contribution in [0.4, 0.5) is 0 Å². The number of hydrogen-bond donors (Lipinski definition) is 1. The largest absolute Gasteiger partial charge is 0.468 e. The molecule has 1 heterocycles. The van der Waals surface area contributed by atoms with Crippen molar-refractivity contribution >= 4 is 6.47 Å². The minimum Gasteiger partial charge on any atom is -0.468 e. The molecular weight excluding hydrogens is 130 g/mol. The van der Waals surface area contributed by atoms with Gasteiger partial charge < -0.3 is 10.1 Å². The molecule has 1 fully saturated rings. The Morgan fingerprint density at radius 3 is 2.80 bits per heavy atom. The lowest BCUT2D eigenvalue weighted by atomic mass is 10.00. The summed E-state index contributed by atoms with van der Waals surface area (Å²) >= 11 is 0. The van der Waals surface area contributed by atoms with Crippen molar-refractivity contribution in [3.05, 3.63) is 0 Å². The fourth-order valence-electron chi connectivity index (χ4n) is 1.22. The van der Waals surface area contributed by atoms with E-state index in [9.17, 15) is 4.79 Å². The second-order valence-corrected chi connectivity index (χ2v) is 2.62. The second kappa shape index (κ2) is 4.28. The molecule has 0 spiro atoms. The molecule has 10 heavy (non-hydrogen) atoms. The number of piperidine rings is 1. The van der Waals surface area contributed by atoms with Gasteiger partial charge in [0, 0.05) is 0 Å². The van der Waals surface area contributed by atoms with Crippen LogP contribution >= 0.6 is 0 Å². The first-order valence-corrected chi connectivity index (χ1v) is 3.69. The molecule has 1 aliphatic rings. The molecule has 0 radical (unpaired) electrons. The normalized spacial score (nSPS) is 20.4. The zero-order chi connectivity index (χ0) is 7.23. The molecule has 1 saturated heterocycles. The van der Waals surface area contributed by atoms with E-state index in [2.05, 4.69) is 10.1 Å². The van der Waals surface area contributed by atoms with Gasteiger partial charge in [-0.15, -0.1) is 0 Å². The third kappa shape index (κ3) is 2.35.